The molecular weight excluding hydrogens is 340 g/mol. The van der Waals surface area contributed by atoms with Crippen molar-refractivity contribution in [1.29, 1.82) is 0 Å². The first-order valence-electron chi connectivity index (χ1n) is 9.43. The number of hydrogen-bond donors (Lipinski definition) is 1. The molecule has 0 aliphatic carbocycles. The number of carbonyl (C=O) groups is 2. The summed E-state index contributed by atoms with van der Waals surface area (Å²) in [7, 11) is 0. The molecule has 1 saturated heterocycles. The quantitative estimate of drug-likeness (QED) is 0.840. The topological polar surface area (TPSA) is 58.6 Å². The molecule has 2 aromatic carbocycles. The van der Waals surface area contributed by atoms with Gasteiger partial charge in [-0.3, -0.25) is 9.59 Å². The third-order valence-electron chi connectivity index (χ3n) is 4.65. The molecule has 1 unspecified atom stereocenters. The van der Waals surface area contributed by atoms with E-state index in [1.807, 2.05) is 62.4 Å². The number of carbonyl (C=O) groups excluding carboxylic acids is 2. The predicted molar refractivity (Wildman–Crippen MR) is 107 cm³/mol. The Balaban J connectivity index is 1.65. The van der Waals surface area contributed by atoms with E-state index in [4.69, 9.17) is 4.74 Å². The standard InChI is InChI=1S/C22H26N2O3/c1-4-16-7-5-6-8-20(16)24-14-17(13-21(24)25)22(26)23-18-9-11-19(12-10-18)27-15(2)3/h5-12,15,17H,4,13-14H2,1-3H3,(H,23,26). The minimum atomic E-state index is -0.353. The van der Waals surface area contributed by atoms with Crippen LogP contribution < -0.4 is 15.0 Å². The highest BCUT2D eigenvalue weighted by Crippen LogP contribution is 2.29. The van der Waals surface area contributed by atoms with Crippen molar-refractivity contribution in [3.8, 4) is 5.75 Å². The lowest BCUT2D eigenvalue weighted by atomic mass is 10.1. The third kappa shape index (κ3) is 4.48. The van der Waals surface area contributed by atoms with E-state index in [1.54, 1.807) is 4.90 Å². The molecule has 1 fully saturated rings. The van der Waals surface area contributed by atoms with Crippen LogP contribution >= 0.6 is 0 Å². The molecule has 142 valence electrons. The SMILES string of the molecule is CCc1ccccc1N1CC(C(=O)Nc2ccc(OC(C)C)cc2)CC1=O. The van der Waals surface area contributed by atoms with E-state index in [2.05, 4.69) is 12.2 Å². The summed E-state index contributed by atoms with van der Waals surface area (Å²) in [4.78, 5) is 26.9. The molecule has 5 heteroatoms. The number of rotatable bonds is 6. The van der Waals surface area contributed by atoms with Gasteiger partial charge in [-0.2, -0.15) is 0 Å². The molecule has 0 bridgehead atoms. The van der Waals surface area contributed by atoms with Gasteiger partial charge in [0.2, 0.25) is 11.8 Å². The Morgan fingerprint density at radius 2 is 1.89 bits per heavy atom. The highest BCUT2D eigenvalue weighted by molar-refractivity contribution is 6.03. The van der Waals surface area contributed by atoms with Crippen LogP contribution in [0.4, 0.5) is 11.4 Å². The molecule has 3 rings (SSSR count). The van der Waals surface area contributed by atoms with Crippen LogP contribution in [-0.4, -0.2) is 24.5 Å². The summed E-state index contributed by atoms with van der Waals surface area (Å²) in [6.45, 7) is 6.41. The fourth-order valence-electron chi connectivity index (χ4n) is 3.32. The minimum Gasteiger partial charge on any atom is -0.491 e. The summed E-state index contributed by atoms with van der Waals surface area (Å²) >= 11 is 0. The van der Waals surface area contributed by atoms with E-state index < -0.39 is 0 Å². The van der Waals surface area contributed by atoms with E-state index in [0.717, 1.165) is 23.4 Å². The van der Waals surface area contributed by atoms with Crippen LogP contribution in [0.1, 0.15) is 32.8 Å². The van der Waals surface area contributed by atoms with Crippen LogP contribution in [-0.2, 0) is 16.0 Å². The van der Waals surface area contributed by atoms with Crippen molar-refractivity contribution in [3.05, 3.63) is 54.1 Å². The highest BCUT2D eigenvalue weighted by Gasteiger charge is 2.35. The maximum atomic E-state index is 12.6. The molecule has 1 heterocycles. The van der Waals surface area contributed by atoms with Gasteiger partial charge in [-0.05, 0) is 56.2 Å². The number of aryl methyl sites for hydroxylation is 1. The van der Waals surface area contributed by atoms with Crippen molar-refractivity contribution in [2.45, 2.75) is 39.7 Å². The second-order valence-electron chi connectivity index (χ2n) is 7.07. The van der Waals surface area contributed by atoms with Crippen LogP contribution in [0, 0.1) is 5.92 Å². The van der Waals surface area contributed by atoms with E-state index in [0.29, 0.717) is 12.2 Å². The minimum absolute atomic E-state index is 0.00303. The predicted octanol–water partition coefficient (Wildman–Crippen LogP) is 4.03. The highest BCUT2D eigenvalue weighted by atomic mass is 16.5. The first-order chi connectivity index (χ1) is 13.0. The van der Waals surface area contributed by atoms with Gasteiger partial charge >= 0.3 is 0 Å². The first kappa shape index (κ1) is 19.0. The average molecular weight is 366 g/mol. The van der Waals surface area contributed by atoms with E-state index >= 15 is 0 Å². The molecule has 0 saturated carbocycles. The van der Waals surface area contributed by atoms with Crippen molar-refractivity contribution in [1.82, 2.24) is 0 Å². The van der Waals surface area contributed by atoms with Gasteiger partial charge < -0.3 is 15.0 Å². The monoisotopic (exact) mass is 366 g/mol. The molecular formula is C22H26N2O3. The molecule has 0 radical (unpaired) electrons. The van der Waals surface area contributed by atoms with Gasteiger partial charge in [-0.25, -0.2) is 0 Å². The zero-order chi connectivity index (χ0) is 19.4. The van der Waals surface area contributed by atoms with Gasteiger partial charge in [0.15, 0.2) is 0 Å². The molecule has 2 aromatic rings. The fourth-order valence-corrected chi connectivity index (χ4v) is 3.32. The van der Waals surface area contributed by atoms with E-state index in [9.17, 15) is 9.59 Å². The number of nitrogens with one attached hydrogen (secondary N) is 1. The van der Waals surface area contributed by atoms with Crippen molar-refractivity contribution in [3.63, 3.8) is 0 Å². The summed E-state index contributed by atoms with van der Waals surface area (Å²) in [6, 6.07) is 15.2. The van der Waals surface area contributed by atoms with Gasteiger partial charge in [-0.1, -0.05) is 25.1 Å². The second-order valence-corrected chi connectivity index (χ2v) is 7.07. The Bertz CT molecular complexity index is 815. The Kier molecular flexibility index (Phi) is 5.79. The lowest BCUT2D eigenvalue weighted by Crippen LogP contribution is -2.28. The smallest absolute Gasteiger partial charge is 0.229 e. The number of hydrogen-bond acceptors (Lipinski definition) is 3. The van der Waals surface area contributed by atoms with Gasteiger partial charge in [0.1, 0.15) is 5.75 Å². The number of ether oxygens (including phenoxy) is 1. The van der Waals surface area contributed by atoms with Gasteiger partial charge in [0.05, 0.1) is 12.0 Å². The molecule has 2 amide bonds. The maximum Gasteiger partial charge on any atom is 0.229 e. The molecule has 1 N–H and O–H groups in total. The number of para-hydroxylation sites is 1. The Morgan fingerprint density at radius 1 is 1.19 bits per heavy atom. The lowest BCUT2D eigenvalue weighted by molar-refractivity contribution is -0.122. The average Bonchev–Trinajstić information content (AvgIpc) is 3.04. The Labute approximate surface area is 160 Å². The Hall–Kier alpha value is -2.82. The van der Waals surface area contributed by atoms with Crippen molar-refractivity contribution in [2.24, 2.45) is 5.92 Å². The Morgan fingerprint density at radius 3 is 2.56 bits per heavy atom. The largest absolute Gasteiger partial charge is 0.491 e. The third-order valence-corrected chi connectivity index (χ3v) is 4.65. The van der Waals surface area contributed by atoms with Gasteiger partial charge in [-0.15, -0.1) is 0 Å². The molecule has 0 spiro atoms. The van der Waals surface area contributed by atoms with Crippen LogP contribution in [0.5, 0.6) is 5.75 Å². The molecule has 0 aromatic heterocycles. The van der Waals surface area contributed by atoms with E-state index in [-0.39, 0.29) is 30.3 Å². The molecule has 27 heavy (non-hydrogen) atoms. The zero-order valence-corrected chi connectivity index (χ0v) is 16.1. The maximum absolute atomic E-state index is 12.6. The number of amides is 2. The van der Waals surface area contributed by atoms with Crippen molar-refractivity contribution >= 4 is 23.2 Å². The summed E-state index contributed by atoms with van der Waals surface area (Å²) in [5.41, 5.74) is 2.74. The lowest BCUT2D eigenvalue weighted by Gasteiger charge is -2.20. The molecule has 1 atom stereocenters. The number of nitrogens with zero attached hydrogens (tertiary/aromatic N) is 1. The van der Waals surface area contributed by atoms with Crippen molar-refractivity contribution < 1.29 is 14.3 Å². The molecule has 1 aliphatic heterocycles. The van der Waals surface area contributed by atoms with Crippen LogP contribution in [0.15, 0.2) is 48.5 Å². The summed E-state index contributed by atoms with van der Waals surface area (Å²) in [5.74, 6) is 0.282. The summed E-state index contributed by atoms with van der Waals surface area (Å²) in [6.07, 6.45) is 1.19. The fraction of sp³-hybridized carbons (Fsp3) is 0.364. The van der Waals surface area contributed by atoms with Crippen LogP contribution in [0.3, 0.4) is 0 Å². The van der Waals surface area contributed by atoms with Crippen LogP contribution in [0.25, 0.3) is 0 Å². The van der Waals surface area contributed by atoms with Gasteiger partial charge in [0.25, 0.3) is 0 Å². The second kappa shape index (κ2) is 8.25. The van der Waals surface area contributed by atoms with E-state index in [1.165, 1.54) is 0 Å². The van der Waals surface area contributed by atoms with Gasteiger partial charge in [0, 0.05) is 24.3 Å². The summed E-state index contributed by atoms with van der Waals surface area (Å²) in [5, 5.41) is 2.91. The molecule has 1 aliphatic rings. The normalized spacial score (nSPS) is 16.7. The first-order valence-corrected chi connectivity index (χ1v) is 9.43. The molecule has 5 nitrogen and oxygen atoms in total. The zero-order valence-electron chi connectivity index (χ0n) is 16.1. The number of anilines is 2. The number of benzene rings is 2. The summed E-state index contributed by atoms with van der Waals surface area (Å²) < 4.78 is 5.61. The van der Waals surface area contributed by atoms with Crippen molar-refractivity contribution in [2.75, 3.05) is 16.8 Å². The van der Waals surface area contributed by atoms with Crippen LogP contribution in [0.2, 0.25) is 0 Å².